The summed E-state index contributed by atoms with van der Waals surface area (Å²) >= 11 is 0. The summed E-state index contributed by atoms with van der Waals surface area (Å²) in [5.74, 6) is -0.338. The van der Waals surface area contributed by atoms with Gasteiger partial charge < -0.3 is 30.1 Å². The maximum atomic E-state index is 12.2. The standard InChI is InChI=1S/C17H20N4O7/c1-6-3-8-11(13(25)7(6)2)18-12-15(19-17(28)20-16(12)27)21(8)4-9(23)14(26)10(24)5-22/h3,9-10,14,22-26H,4-5H2,1-2H3,(H,20,27,28)/t9-,10+,14-/m0/s1. The van der Waals surface area contributed by atoms with E-state index in [2.05, 4.69) is 9.97 Å². The number of hydrogen-bond acceptors (Lipinski definition) is 9. The van der Waals surface area contributed by atoms with Crippen molar-refractivity contribution in [3.8, 4) is 17.3 Å². The molecule has 2 aliphatic heterocycles. The number of aliphatic hydroxyl groups excluding tert-OH is 4. The van der Waals surface area contributed by atoms with Crippen molar-refractivity contribution in [3.05, 3.63) is 38.0 Å². The average Bonchev–Trinajstić information content (AvgIpc) is 2.65. The summed E-state index contributed by atoms with van der Waals surface area (Å²) in [4.78, 5) is 33.8. The van der Waals surface area contributed by atoms with Crippen molar-refractivity contribution in [2.45, 2.75) is 38.7 Å². The largest absolute Gasteiger partial charge is 0.505 e. The molecule has 11 heteroatoms. The van der Waals surface area contributed by atoms with E-state index in [1.807, 2.05) is 4.98 Å². The molecule has 2 heterocycles. The first-order valence-electron chi connectivity index (χ1n) is 8.44. The molecule has 3 atom stereocenters. The van der Waals surface area contributed by atoms with Crippen molar-refractivity contribution < 1.29 is 25.5 Å². The second-order valence-corrected chi connectivity index (χ2v) is 6.61. The van der Waals surface area contributed by atoms with E-state index in [9.17, 15) is 30.0 Å². The van der Waals surface area contributed by atoms with Gasteiger partial charge in [0.15, 0.2) is 11.5 Å². The molecule has 150 valence electrons. The number of aromatic nitrogens is 4. The number of aliphatic hydroxyl groups is 4. The number of aryl methyl sites for hydroxylation is 1. The Hall–Kier alpha value is -2.86. The number of fused-ring (bicyclic) bond motifs is 2. The van der Waals surface area contributed by atoms with Gasteiger partial charge in [-0.3, -0.25) is 9.78 Å². The summed E-state index contributed by atoms with van der Waals surface area (Å²) in [5, 5.41) is 49.3. The van der Waals surface area contributed by atoms with Crippen LogP contribution in [0, 0.1) is 13.8 Å². The molecule has 6 N–H and O–H groups in total. The smallest absolute Gasteiger partial charge is 0.349 e. The minimum absolute atomic E-state index is 0.0472. The molecule has 0 saturated carbocycles. The number of phenols is 1. The molecule has 0 aliphatic carbocycles. The van der Waals surface area contributed by atoms with Gasteiger partial charge in [-0.2, -0.15) is 4.98 Å². The molecule has 0 fully saturated rings. The first kappa shape index (κ1) is 19.9. The van der Waals surface area contributed by atoms with Crippen LogP contribution in [0.2, 0.25) is 0 Å². The fourth-order valence-corrected chi connectivity index (χ4v) is 2.98. The molecule has 2 aliphatic rings. The number of aromatic hydroxyl groups is 1. The lowest BCUT2D eigenvalue weighted by molar-refractivity contribution is -0.0802. The van der Waals surface area contributed by atoms with Crippen LogP contribution in [0.5, 0.6) is 5.75 Å². The SMILES string of the molecule is Cc1cc2c(nc3c(=O)[nH]c(=O)nc-3n2C[C@H](O)[C@H](O)[C@H](O)CO)c(O)c1C. The normalized spacial score (nSPS) is 15.1. The zero-order valence-corrected chi connectivity index (χ0v) is 15.1. The molecule has 1 aromatic carbocycles. The highest BCUT2D eigenvalue weighted by atomic mass is 16.4. The maximum absolute atomic E-state index is 12.2. The molecule has 0 spiro atoms. The second-order valence-electron chi connectivity index (χ2n) is 6.61. The van der Waals surface area contributed by atoms with Crippen molar-refractivity contribution in [2.24, 2.45) is 0 Å². The average molecular weight is 392 g/mol. The number of nitrogens with one attached hydrogen (secondary N) is 1. The summed E-state index contributed by atoms with van der Waals surface area (Å²) in [6.45, 7) is 2.22. The van der Waals surface area contributed by atoms with E-state index < -0.39 is 42.7 Å². The van der Waals surface area contributed by atoms with E-state index in [0.717, 1.165) is 0 Å². The molecular weight excluding hydrogens is 372 g/mol. The molecule has 0 bridgehead atoms. The van der Waals surface area contributed by atoms with Gasteiger partial charge in [-0.15, -0.1) is 0 Å². The minimum atomic E-state index is -1.70. The predicted molar refractivity (Wildman–Crippen MR) is 97.3 cm³/mol. The van der Waals surface area contributed by atoms with Crippen LogP contribution >= 0.6 is 0 Å². The fourth-order valence-electron chi connectivity index (χ4n) is 2.98. The van der Waals surface area contributed by atoms with Gasteiger partial charge >= 0.3 is 5.69 Å². The summed E-state index contributed by atoms with van der Waals surface area (Å²) in [5.41, 5.74) is -0.472. The van der Waals surface area contributed by atoms with E-state index in [0.29, 0.717) is 11.1 Å². The van der Waals surface area contributed by atoms with Gasteiger partial charge in [0, 0.05) is 0 Å². The van der Waals surface area contributed by atoms with Crippen molar-refractivity contribution >= 4 is 11.0 Å². The van der Waals surface area contributed by atoms with Crippen molar-refractivity contribution in [3.63, 3.8) is 0 Å². The Balaban J connectivity index is 2.34. The number of hydrogen-bond donors (Lipinski definition) is 6. The lowest BCUT2D eigenvalue weighted by Crippen LogP contribution is -2.42. The third-order valence-corrected chi connectivity index (χ3v) is 4.74. The van der Waals surface area contributed by atoms with Gasteiger partial charge in [-0.25, -0.2) is 9.78 Å². The topological polar surface area (TPSA) is 182 Å². The van der Waals surface area contributed by atoms with E-state index in [-0.39, 0.29) is 28.3 Å². The quantitative estimate of drug-likeness (QED) is 0.267. The van der Waals surface area contributed by atoms with Crippen LogP contribution in [0.3, 0.4) is 0 Å². The van der Waals surface area contributed by atoms with Crippen LogP contribution in [-0.4, -0.2) is 70.0 Å². The van der Waals surface area contributed by atoms with Crippen LogP contribution in [0.1, 0.15) is 11.1 Å². The molecule has 0 unspecified atom stereocenters. The molecule has 3 rings (SSSR count). The Morgan fingerprint density at radius 1 is 1.14 bits per heavy atom. The number of phenolic OH excluding ortho intramolecular Hbond substituents is 1. The summed E-state index contributed by atoms with van der Waals surface area (Å²) in [7, 11) is 0. The monoisotopic (exact) mass is 392 g/mol. The number of nitrogens with zero attached hydrogens (tertiary/aromatic N) is 3. The minimum Gasteiger partial charge on any atom is -0.505 e. The van der Waals surface area contributed by atoms with E-state index in [1.54, 1.807) is 19.9 Å². The van der Waals surface area contributed by atoms with Gasteiger partial charge in [-0.05, 0) is 31.0 Å². The van der Waals surface area contributed by atoms with Crippen LogP contribution in [0.25, 0.3) is 22.6 Å². The van der Waals surface area contributed by atoms with E-state index in [1.165, 1.54) is 4.57 Å². The third-order valence-electron chi connectivity index (χ3n) is 4.74. The Labute approximate surface area is 157 Å². The first-order chi connectivity index (χ1) is 13.1. The highest BCUT2D eigenvalue weighted by Crippen LogP contribution is 2.32. The Bertz CT molecular complexity index is 1120. The predicted octanol–water partition coefficient (Wildman–Crippen LogP) is -2.02. The van der Waals surface area contributed by atoms with Gasteiger partial charge in [0.25, 0.3) is 5.56 Å². The van der Waals surface area contributed by atoms with Gasteiger partial charge in [0.2, 0.25) is 0 Å². The van der Waals surface area contributed by atoms with Gasteiger partial charge in [-0.1, -0.05) is 0 Å². The summed E-state index contributed by atoms with van der Waals surface area (Å²) < 4.78 is 1.26. The molecule has 28 heavy (non-hydrogen) atoms. The lowest BCUT2D eigenvalue weighted by atomic mass is 10.1. The number of H-pyrrole nitrogens is 1. The Morgan fingerprint density at radius 2 is 1.82 bits per heavy atom. The molecule has 11 nitrogen and oxygen atoms in total. The zero-order chi connectivity index (χ0) is 20.7. The van der Waals surface area contributed by atoms with Gasteiger partial charge in [0.1, 0.15) is 29.6 Å². The first-order valence-corrected chi connectivity index (χ1v) is 8.44. The van der Waals surface area contributed by atoms with Crippen molar-refractivity contribution in [1.82, 2.24) is 19.5 Å². The van der Waals surface area contributed by atoms with E-state index >= 15 is 0 Å². The number of rotatable bonds is 5. The molecule has 0 saturated heterocycles. The van der Waals surface area contributed by atoms with Crippen LogP contribution in [0.15, 0.2) is 15.7 Å². The molecular formula is C17H20N4O7. The molecule has 1 aromatic rings. The zero-order valence-electron chi connectivity index (χ0n) is 15.1. The van der Waals surface area contributed by atoms with Crippen molar-refractivity contribution in [2.75, 3.05) is 6.61 Å². The Kier molecular flexibility index (Phi) is 5.17. The number of benzene rings is 1. The van der Waals surface area contributed by atoms with Crippen molar-refractivity contribution in [1.29, 1.82) is 0 Å². The van der Waals surface area contributed by atoms with Crippen LogP contribution in [0.4, 0.5) is 0 Å². The molecule has 0 radical (unpaired) electrons. The highest BCUT2D eigenvalue weighted by molar-refractivity contribution is 5.86. The third kappa shape index (κ3) is 3.24. The van der Waals surface area contributed by atoms with Crippen LogP contribution < -0.4 is 11.2 Å². The highest BCUT2D eigenvalue weighted by Gasteiger charge is 2.28. The maximum Gasteiger partial charge on any atom is 0.349 e. The molecule has 0 aromatic heterocycles. The van der Waals surface area contributed by atoms with E-state index in [4.69, 9.17) is 5.11 Å². The number of aromatic amines is 1. The lowest BCUT2D eigenvalue weighted by Gasteiger charge is -2.25. The van der Waals surface area contributed by atoms with Gasteiger partial charge in [0.05, 0.1) is 18.7 Å². The fraction of sp³-hybridized carbons (Fsp3) is 0.412. The second kappa shape index (κ2) is 7.28. The molecule has 0 amide bonds. The summed E-state index contributed by atoms with van der Waals surface area (Å²) in [6.07, 6.45) is -4.88. The summed E-state index contributed by atoms with van der Waals surface area (Å²) in [6, 6.07) is 1.63. The Morgan fingerprint density at radius 3 is 2.46 bits per heavy atom. The van der Waals surface area contributed by atoms with Crippen LogP contribution in [-0.2, 0) is 6.54 Å².